The fourth-order valence-corrected chi connectivity index (χ4v) is 4.00. The summed E-state index contributed by atoms with van der Waals surface area (Å²) in [5, 5.41) is 8.05. The number of hydrogen-bond donors (Lipinski definition) is 2. The van der Waals surface area contributed by atoms with Gasteiger partial charge in [-0.15, -0.1) is 0 Å². The van der Waals surface area contributed by atoms with Crippen molar-refractivity contribution in [1.29, 1.82) is 0 Å². The Morgan fingerprint density at radius 3 is 2.12 bits per heavy atom. The van der Waals surface area contributed by atoms with Crippen molar-refractivity contribution in [3.8, 4) is 11.5 Å². The molecule has 0 spiro atoms. The summed E-state index contributed by atoms with van der Waals surface area (Å²) >= 11 is 0. The number of rotatable bonds is 8. The van der Waals surface area contributed by atoms with Crippen molar-refractivity contribution in [1.82, 2.24) is 10.6 Å². The van der Waals surface area contributed by atoms with Crippen molar-refractivity contribution in [3.05, 3.63) is 36.4 Å². The number of benzene rings is 2. The standard InChI is InChI=1S/C18H22N2O3S/c1-19-7-9-22-13-4-6-17-16(11-13)15-5-3-14(23-10-8-20-2)12-18(15)24(17)21/h3-6,11-12,19-20H,7-10H2,1-2H3. The molecule has 24 heavy (non-hydrogen) atoms. The van der Waals surface area contributed by atoms with Gasteiger partial charge in [0.1, 0.15) is 24.7 Å². The molecule has 0 saturated heterocycles. The minimum Gasteiger partial charge on any atom is -0.590 e. The Morgan fingerprint density at radius 2 is 1.46 bits per heavy atom. The zero-order valence-electron chi connectivity index (χ0n) is 13.9. The van der Waals surface area contributed by atoms with Crippen LogP contribution in [0.1, 0.15) is 0 Å². The first-order chi connectivity index (χ1) is 11.7. The van der Waals surface area contributed by atoms with Crippen LogP contribution >= 0.6 is 10.8 Å². The minimum absolute atomic E-state index is 0.582. The zero-order chi connectivity index (χ0) is 16.9. The van der Waals surface area contributed by atoms with E-state index in [9.17, 15) is 4.55 Å². The molecule has 0 aliphatic carbocycles. The molecule has 0 amide bonds. The summed E-state index contributed by atoms with van der Waals surface area (Å²) in [5.74, 6) is 1.54. The monoisotopic (exact) mass is 346 g/mol. The van der Waals surface area contributed by atoms with Crippen molar-refractivity contribution >= 4 is 30.9 Å². The van der Waals surface area contributed by atoms with Crippen molar-refractivity contribution in [2.45, 2.75) is 0 Å². The molecule has 1 atom stereocenters. The lowest BCUT2D eigenvalue weighted by Crippen LogP contribution is -2.15. The molecule has 2 N–H and O–H groups in total. The van der Waals surface area contributed by atoms with Crippen molar-refractivity contribution < 1.29 is 14.0 Å². The molecule has 0 aliphatic heterocycles. The molecule has 2 aromatic carbocycles. The van der Waals surface area contributed by atoms with E-state index in [1.54, 1.807) is 0 Å². The fraction of sp³-hybridized carbons (Fsp3) is 0.333. The molecule has 0 radical (unpaired) electrons. The molecular weight excluding hydrogens is 324 g/mol. The first kappa shape index (κ1) is 17.0. The van der Waals surface area contributed by atoms with Crippen LogP contribution in [-0.2, 0) is 0 Å². The number of ether oxygens (including phenoxy) is 2. The predicted octanol–water partition coefficient (Wildman–Crippen LogP) is 2.92. The van der Waals surface area contributed by atoms with Gasteiger partial charge in [-0.3, -0.25) is 0 Å². The first-order valence-corrected chi connectivity index (χ1v) is 9.14. The maximum absolute atomic E-state index is 12.7. The molecule has 1 aromatic heterocycles. The van der Waals surface area contributed by atoms with E-state index in [1.807, 2.05) is 50.5 Å². The van der Waals surface area contributed by atoms with E-state index >= 15 is 0 Å². The van der Waals surface area contributed by atoms with Crippen LogP contribution in [0.4, 0.5) is 0 Å². The molecule has 0 aliphatic rings. The molecule has 1 heterocycles. The maximum Gasteiger partial charge on any atom is 0.184 e. The summed E-state index contributed by atoms with van der Waals surface area (Å²) in [4.78, 5) is 0. The summed E-state index contributed by atoms with van der Waals surface area (Å²) < 4.78 is 25.8. The SMILES string of the molecule is CNCCOc1ccc2c(c1)c1ccc(OCCNC)cc1[s+]2[O-]. The van der Waals surface area contributed by atoms with Gasteiger partial charge in [-0.25, -0.2) is 0 Å². The number of thiophene rings is 1. The highest BCUT2D eigenvalue weighted by Gasteiger charge is 2.17. The lowest BCUT2D eigenvalue weighted by molar-refractivity contribution is 0.319. The van der Waals surface area contributed by atoms with Crippen LogP contribution in [0.2, 0.25) is 0 Å². The highest BCUT2D eigenvalue weighted by Crippen LogP contribution is 2.43. The average Bonchev–Trinajstić information content (AvgIpc) is 2.88. The highest BCUT2D eigenvalue weighted by atomic mass is 32.2. The lowest BCUT2D eigenvalue weighted by atomic mass is 10.1. The molecule has 128 valence electrons. The van der Waals surface area contributed by atoms with Gasteiger partial charge < -0.3 is 24.7 Å². The third kappa shape index (κ3) is 3.47. The maximum atomic E-state index is 12.7. The molecular formula is C18H22N2O3S. The summed E-state index contributed by atoms with van der Waals surface area (Å²) in [6.07, 6.45) is 0. The first-order valence-electron chi connectivity index (χ1n) is 7.99. The molecule has 0 saturated carbocycles. The van der Waals surface area contributed by atoms with Crippen molar-refractivity contribution in [3.63, 3.8) is 0 Å². The van der Waals surface area contributed by atoms with E-state index in [2.05, 4.69) is 10.6 Å². The van der Waals surface area contributed by atoms with E-state index in [-0.39, 0.29) is 0 Å². The van der Waals surface area contributed by atoms with Gasteiger partial charge in [-0.2, -0.15) is 0 Å². The fourth-order valence-electron chi connectivity index (χ4n) is 2.60. The predicted molar refractivity (Wildman–Crippen MR) is 99.0 cm³/mol. The molecule has 0 fully saturated rings. The van der Waals surface area contributed by atoms with Crippen LogP contribution in [0.15, 0.2) is 36.4 Å². The Balaban J connectivity index is 1.94. The van der Waals surface area contributed by atoms with Crippen molar-refractivity contribution in [2.24, 2.45) is 0 Å². The molecule has 5 nitrogen and oxygen atoms in total. The summed E-state index contributed by atoms with van der Waals surface area (Å²) in [5.41, 5.74) is 0. The highest BCUT2D eigenvalue weighted by molar-refractivity contribution is 7.37. The van der Waals surface area contributed by atoms with Gasteiger partial charge >= 0.3 is 0 Å². The van der Waals surface area contributed by atoms with Crippen LogP contribution in [0.3, 0.4) is 0 Å². The number of likely N-dealkylation sites (N-methyl/N-ethyl adjacent to an activating group) is 2. The quantitative estimate of drug-likeness (QED) is 0.485. The van der Waals surface area contributed by atoms with Crippen LogP contribution < -0.4 is 20.1 Å². The van der Waals surface area contributed by atoms with Crippen LogP contribution in [0.5, 0.6) is 11.5 Å². The van der Waals surface area contributed by atoms with E-state index in [1.165, 1.54) is 0 Å². The van der Waals surface area contributed by atoms with E-state index in [4.69, 9.17) is 9.47 Å². The number of nitrogens with one attached hydrogen (secondary N) is 2. The van der Waals surface area contributed by atoms with Crippen LogP contribution in [-0.4, -0.2) is 45.0 Å². The lowest BCUT2D eigenvalue weighted by Gasteiger charge is -2.05. The Kier molecular flexibility index (Phi) is 5.52. The largest absolute Gasteiger partial charge is 0.590 e. The van der Waals surface area contributed by atoms with E-state index in [0.29, 0.717) is 13.2 Å². The summed E-state index contributed by atoms with van der Waals surface area (Å²) in [6, 6.07) is 11.5. The Morgan fingerprint density at radius 1 is 0.833 bits per heavy atom. The van der Waals surface area contributed by atoms with E-state index in [0.717, 1.165) is 44.8 Å². The third-order valence-electron chi connectivity index (χ3n) is 3.84. The zero-order valence-corrected chi connectivity index (χ0v) is 14.7. The minimum atomic E-state index is -1.17. The average molecular weight is 346 g/mol. The molecule has 6 heteroatoms. The van der Waals surface area contributed by atoms with Gasteiger partial charge in [0.15, 0.2) is 9.40 Å². The van der Waals surface area contributed by atoms with Crippen LogP contribution in [0, 0.1) is 0 Å². The normalized spacial score (nSPS) is 12.0. The Bertz CT molecular complexity index is 832. The molecule has 3 rings (SSSR count). The van der Waals surface area contributed by atoms with Crippen molar-refractivity contribution in [2.75, 3.05) is 40.4 Å². The second-order valence-electron chi connectivity index (χ2n) is 5.49. The number of fused-ring (bicyclic) bond motifs is 3. The Hall–Kier alpha value is -1.86. The number of hydrogen-bond acceptors (Lipinski definition) is 5. The van der Waals surface area contributed by atoms with Gasteiger partial charge in [0.2, 0.25) is 0 Å². The van der Waals surface area contributed by atoms with Crippen LogP contribution in [0.25, 0.3) is 20.2 Å². The van der Waals surface area contributed by atoms with Gasteiger partial charge in [-0.05, 0) is 49.1 Å². The van der Waals surface area contributed by atoms with Gasteiger partial charge in [0.05, 0.1) is 5.39 Å². The summed E-state index contributed by atoms with van der Waals surface area (Å²) in [7, 11) is 2.60. The third-order valence-corrected chi connectivity index (χ3v) is 5.33. The van der Waals surface area contributed by atoms with E-state index < -0.39 is 10.8 Å². The second kappa shape index (κ2) is 7.81. The molecule has 0 bridgehead atoms. The van der Waals surface area contributed by atoms with Gasteiger partial charge in [0.25, 0.3) is 0 Å². The van der Waals surface area contributed by atoms with Gasteiger partial charge in [0, 0.05) is 30.6 Å². The Labute approximate surface area is 144 Å². The smallest absolute Gasteiger partial charge is 0.184 e. The second-order valence-corrected chi connectivity index (χ2v) is 6.91. The topological polar surface area (TPSA) is 65.6 Å². The molecule has 1 unspecified atom stereocenters. The van der Waals surface area contributed by atoms with Gasteiger partial charge in [-0.1, -0.05) is 0 Å². The summed E-state index contributed by atoms with van der Waals surface area (Å²) in [6.45, 7) is 2.74. The molecule has 3 aromatic rings.